The summed E-state index contributed by atoms with van der Waals surface area (Å²) in [6.45, 7) is 1.01. The van der Waals surface area contributed by atoms with E-state index >= 15 is 0 Å². The van der Waals surface area contributed by atoms with E-state index in [4.69, 9.17) is 27.9 Å². The highest BCUT2D eigenvalue weighted by molar-refractivity contribution is 6.35. The zero-order valence-corrected chi connectivity index (χ0v) is 12.0. The van der Waals surface area contributed by atoms with Gasteiger partial charge in [0.25, 0.3) is 0 Å². The molecule has 0 atom stereocenters. The summed E-state index contributed by atoms with van der Waals surface area (Å²) in [5.74, 6) is 0.645. The molecule has 0 saturated heterocycles. The van der Waals surface area contributed by atoms with Crippen molar-refractivity contribution in [2.24, 2.45) is 0 Å². The van der Waals surface area contributed by atoms with Gasteiger partial charge in [-0.3, -0.25) is 4.98 Å². The van der Waals surface area contributed by atoms with Gasteiger partial charge in [-0.1, -0.05) is 29.3 Å². The van der Waals surface area contributed by atoms with Gasteiger partial charge in [0.05, 0.1) is 10.7 Å². The fourth-order valence-electron chi connectivity index (χ4n) is 1.73. The summed E-state index contributed by atoms with van der Waals surface area (Å²) in [4.78, 5) is 4.21. The second kappa shape index (κ2) is 6.75. The monoisotopic (exact) mass is 296 g/mol. The number of hydrogen-bond donors (Lipinski definition) is 1. The van der Waals surface area contributed by atoms with Gasteiger partial charge in [-0.15, -0.1) is 0 Å². The Balaban J connectivity index is 2.19. The zero-order chi connectivity index (χ0) is 13.7. The lowest BCUT2D eigenvalue weighted by Crippen LogP contribution is -2.08. The molecule has 0 radical (unpaired) electrons. The van der Waals surface area contributed by atoms with Crippen molar-refractivity contribution in [3.05, 3.63) is 57.8 Å². The SMILES string of the molecule is CNCc1cc(Cl)cc(Cl)c1OCc1ccccn1. The average molecular weight is 297 g/mol. The van der Waals surface area contributed by atoms with E-state index in [9.17, 15) is 0 Å². The molecule has 0 aliphatic rings. The van der Waals surface area contributed by atoms with Gasteiger partial charge in [0.15, 0.2) is 0 Å². The third-order valence-electron chi connectivity index (χ3n) is 2.54. The molecule has 5 heteroatoms. The molecule has 3 nitrogen and oxygen atoms in total. The topological polar surface area (TPSA) is 34.1 Å². The van der Waals surface area contributed by atoms with Crippen molar-refractivity contribution in [1.82, 2.24) is 10.3 Å². The van der Waals surface area contributed by atoms with Crippen molar-refractivity contribution in [2.75, 3.05) is 7.05 Å². The van der Waals surface area contributed by atoms with Crippen LogP contribution < -0.4 is 10.1 Å². The van der Waals surface area contributed by atoms with Crippen LogP contribution in [0.5, 0.6) is 5.75 Å². The molecule has 1 heterocycles. The fourth-order valence-corrected chi connectivity index (χ4v) is 2.32. The molecule has 0 bridgehead atoms. The molecule has 0 unspecified atom stereocenters. The molecule has 0 saturated carbocycles. The number of nitrogens with one attached hydrogen (secondary N) is 1. The van der Waals surface area contributed by atoms with Crippen molar-refractivity contribution in [3.8, 4) is 5.75 Å². The first kappa shape index (κ1) is 14.1. The number of rotatable bonds is 5. The number of nitrogens with zero attached hydrogens (tertiary/aromatic N) is 1. The molecule has 1 aromatic carbocycles. The maximum atomic E-state index is 6.18. The first-order valence-corrected chi connectivity index (χ1v) is 6.61. The van der Waals surface area contributed by atoms with E-state index < -0.39 is 0 Å². The van der Waals surface area contributed by atoms with Crippen LogP contribution in [0.4, 0.5) is 0 Å². The predicted molar refractivity (Wildman–Crippen MR) is 77.8 cm³/mol. The molecule has 0 aliphatic carbocycles. The molecule has 0 fully saturated rings. The van der Waals surface area contributed by atoms with Gasteiger partial charge in [0, 0.05) is 23.3 Å². The molecule has 1 aromatic heterocycles. The minimum atomic E-state index is 0.374. The molecule has 2 rings (SSSR count). The predicted octanol–water partition coefficient (Wildman–Crippen LogP) is 3.69. The van der Waals surface area contributed by atoms with E-state index in [1.54, 1.807) is 12.3 Å². The van der Waals surface area contributed by atoms with Crippen LogP contribution in [0.25, 0.3) is 0 Å². The first-order chi connectivity index (χ1) is 9.20. The van der Waals surface area contributed by atoms with Crippen LogP contribution in [-0.4, -0.2) is 12.0 Å². The summed E-state index contributed by atoms with van der Waals surface area (Å²) in [6, 6.07) is 9.21. The van der Waals surface area contributed by atoms with Crippen LogP contribution in [-0.2, 0) is 13.2 Å². The second-order valence-electron chi connectivity index (χ2n) is 4.02. The minimum absolute atomic E-state index is 0.374. The van der Waals surface area contributed by atoms with Crippen molar-refractivity contribution >= 4 is 23.2 Å². The lowest BCUT2D eigenvalue weighted by Gasteiger charge is -2.13. The quantitative estimate of drug-likeness (QED) is 0.914. The fraction of sp³-hybridized carbons (Fsp3) is 0.214. The van der Waals surface area contributed by atoms with Crippen LogP contribution in [0, 0.1) is 0 Å². The number of ether oxygens (including phenoxy) is 1. The summed E-state index contributed by atoms with van der Waals surface area (Å²) in [7, 11) is 1.86. The third-order valence-corrected chi connectivity index (χ3v) is 3.04. The normalized spacial score (nSPS) is 10.5. The van der Waals surface area contributed by atoms with Gasteiger partial charge >= 0.3 is 0 Å². The molecular weight excluding hydrogens is 283 g/mol. The number of aromatic nitrogens is 1. The molecule has 19 heavy (non-hydrogen) atoms. The summed E-state index contributed by atoms with van der Waals surface area (Å²) in [6.07, 6.45) is 1.73. The van der Waals surface area contributed by atoms with E-state index in [1.807, 2.05) is 31.3 Å². The standard InChI is InChI=1S/C14H14Cl2N2O/c1-17-8-10-6-11(15)7-13(16)14(10)19-9-12-4-2-3-5-18-12/h2-7,17H,8-9H2,1H3. The first-order valence-electron chi connectivity index (χ1n) is 5.86. The van der Waals surface area contributed by atoms with E-state index in [1.165, 1.54) is 0 Å². The van der Waals surface area contributed by atoms with Gasteiger partial charge in [-0.2, -0.15) is 0 Å². The maximum absolute atomic E-state index is 6.18. The zero-order valence-electron chi connectivity index (χ0n) is 10.5. The summed E-state index contributed by atoms with van der Waals surface area (Å²) < 4.78 is 5.77. The van der Waals surface area contributed by atoms with Gasteiger partial charge in [0.1, 0.15) is 12.4 Å². The molecule has 1 N–H and O–H groups in total. The van der Waals surface area contributed by atoms with E-state index in [-0.39, 0.29) is 0 Å². The Kier molecular flexibility index (Phi) is 5.02. The second-order valence-corrected chi connectivity index (χ2v) is 4.86. The molecule has 100 valence electrons. The summed E-state index contributed by atoms with van der Waals surface area (Å²) >= 11 is 12.2. The van der Waals surface area contributed by atoms with E-state index in [0.717, 1.165) is 11.3 Å². The largest absolute Gasteiger partial charge is 0.485 e. The lowest BCUT2D eigenvalue weighted by molar-refractivity contribution is 0.298. The van der Waals surface area contributed by atoms with Crippen LogP contribution in [0.3, 0.4) is 0 Å². The van der Waals surface area contributed by atoms with Crippen LogP contribution in [0.15, 0.2) is 36.5 Å². The number of hydrogen-bond acceptors (Lipinski definition) is 3. The molecular formula is C14H14Cl2N2O. The number of halogens is 2. The highest BCUT2D eigenvalue weighted by Gasteiger charge is 2.10. The highest BCUT2D eigenvalue weighted by Crippen LogP contribution is 2.32. The number of pyridine rings is 1. The highest BCUT2D eigenvalue weighted by atomic mass is 35.5. The average Bonchev–Trinajstić information content (AvgIpc) is 2.39. The summed E-state index contributed by atoms with van der Waals surface area (Å²) in [5.41, 5.74) is 1.78. The third kappa shape index (κ3) is 3.83. The van der Waals surface area contributed by atoms with Gasteiger partial charge in [-0.25, -0.2) is 0 Å². The Labute approximate surface area is 122 Å². The Morgan fingerprint density at radius 3 is 2.79 bits per heavy atom. The maximum Gasteiger partial charge on any atom is 0.143 e. The van der Waals surface area contributed by atoms with Crippen LogP contribution >= 0.6 is 23.2 Å². The van der Waals surface area contributed by atoms with Gasteiger partial charge in [0.2, 0.25) is 0 Å². The van der Waals surface area contributed by atoms with Crippen LogP contribution in [0.2, 0.25) is 10.0 Å². The van der Waals surface area contributed by atoms with E-state index in [0.29, 0.717) is 28.9 Å². The van der Waals surface area contributed by atoms with Crippen molar-refractivity contribution in [3.63, 3.8) is 0 Å². The van der Waals surface area contributed by atoms with Crippen LogP contribution in [0.1, 0.15) is 11.3 Å². The Morgan fingerprint density at radius 1 is 1.26 bits per heavy atom. The van der Waals surface area contributed by atoms with Crippen molar-refractivity contribution in [1.29, 1.82) is 0 Å². The summed E-state index contributed by atoms with van der Waals surface area (Å²) in [5, 5.41) is 4.17. The molecule has 0 aliphatic heterocycles. The van der Waals surface area contributed by atoms with Gasteiger partial charge < -0.3 is 10.1 Å². The number of benzene rings is 1. The molecule has 0 amide bonds. The Bertz CT molecular complexity index is 547. The lowest BCUT2D eigenvalue weighted by atomic mass is 10.2. The van der Waals surface area contributed by atoms with Crippen molar-refractivity contribution in [2.45, 2.75) is 13.2 Å². The van der Waals surface area contributed by atoms with E-state index in [2.05, 4.69) is 10.3 Å². The Morgan fingerprint density at radius 2 is 2.11 bits per heavy atom. The smallest absolute Gasteiger partial charge is 0.143 e. The van der Waals surface area contributed by atoms with Crippen molar-refractivity contribution < 1.29 is 4.74 Å². The molecule has 0 spiro atoms. The molecule has 2 aromatic rings. The Hall–Kier alpha value is -1.29. The van der Waals surface area contributed by atoms with Gasteiger partial charge in [-0.05, 0) is 31.3 Å². The minimum Gasteiger partial charge on any atom is -0.485 e.